The van der Waals surface area contributed by atoms with Gasteiger partial charge in [0.2, 0.25) is 10.0 Å². The van der Waals surface area contributed by atoms with E-state index in [9.17, 15) is 13.5 Å². The van der Waals surface area contributed by atoms with Crippen LogP contribution in [0.25, 0.3) is 0 Å². The highest BCUT2D eigenvalue weighted by atomic mass is 35.5. The molecule has 0 fully saturated rings. The number of anilines is 1. The van der Waals surface area contributed by atoms with Crippen molar-refractivity contribution in [1.29, 1.82) is 0 Å². The number of aliphatic hydroxyl groups excluding tert-OH is 1. The first-order chi connectivity index (χ1) is 9.22. The maximum absolute atomic E-state index is 12.3. The molecule has 0 aliphatic heterocycles. The first kappa shape index (κ1) is 17.6. The molecule has 4 N–H and O–H groups in total. The molecule has 0 saturated heterocycles. The molecule has 1 rings (SSSR count). The fraction of sp³-hybridized carbons (Fsp3) is 0.500. The van der Waals surface area contributed by atoms with Crippen molar-refractivity contribution >= 4 is 39.1 Å². The number of sulfonamides is 1. The Morgan fingerprint density at radius 3 is 2.60 bits per heavy atom. The Morgan fingerprint density at radius 1 is 1.50 bits per heavy atom. The molecule has 0 aromatic heterocycles. The molecular formula is C12H19ClN2O3S2. The fourth-order valence-electron chi connectivity index (χ4n) is 1.70. The SMILES string of the molecule is CSC(CO)C(C)NS(=O)(=O)c1cc(N)c(C)cc1Cl. The Balaban J connectivity index is 3.09. The summed E-state index contributed by atoms with van der Waals surface area (Å²) in [6.07, 6.45) is 1.81. The first-order valence-corrected chi connectivity index (χ1v) is 9.09. The zero-order chi connectivity index (χ0) is 15.5. The second kappa shape index (κ2) is 7.00. The summed E-state index contributed by atoms with van der Waals surface area (Å²) in [5.74, 6) is 0. The molecule has 0 spiro atoms. The molecule has 0 aliphatic carbocycles. The summed E-state index contributed by atoms with van der Waals surface area (Å²) in [6.45, 7) is 3.33. The lowest BCUT2D eigenvalue weighted by atomic mass is 10.2. The number of nitrogens with two attached hydrogens (primary N) is 1. The molecule has 5 nitrogen and oxygen atoms in total. The van der Waals surface area contributed by atoms with Crippen LogP contribution >= 0.6 is 23.4 Å². The Kier molecular flexibility index (Phi) is 6.15. The molecule has 2 unspecified atom stereocenters. The van der Waals surface area contributed by atoms with Crippen LogP contribution in [0.4, 0.5) is 5.69 Å². The summed E-state index contributed by atoms with van der Waals surface area (Å²) in [5.41, 5.74) is 6.82. The summed E-state index contributed by atoms with van der Waals surface area (Å²) in [7, 11) is -3.78. The fourth-order valence-corrected chi connectivity index (χ4v) is 4.31. The molecule has 8 heteroatoms. The minimum atomic E-state index is -3.78. The smallest absolute Gasteiger partial charge is 0.242 e. The second-order valence-electron chi connectivity index (χ2n) is 4.51. The number of hydrogen-bond donors (Lipinski definition) is 3. The highest BCUT2D eigenvalue weighted by Crippen LogP contribution is 2.27. The van der Waals surface area contributed by atoms with Crippen LogP contribution in [0.5, 0.6) is 0 Å². The monoisotopic (exact) mass is 338 g/mol. The van der Waals surface area contributed by atoms with Crippen LogP contribution in [0.3, 0.4) is 0 Å². The van der Waals surface area contributed by atoms with E-state index in [2.05, 4.69) is 4.72 Å². The number of nitrogen functional groups attached to an aromatic ring is 1. The van der Waals surface area contributed by atoms with E-state index in [-0.39, 0.29) is 21.8 Å². The summed E-state index contributed by atoms with van der Waals surface area (Å²) in [5, 5.41) is 9.09. The van der Waals surface area contributed by atoms with Crippen molar-refractivity contribution in [3.63, 3.8) is 0 Å². The lowest BCUT2D eigenvalue weighted by Gasteiger charge is -2.21. The third-order valence-corrected chi connectivity index (χ3v) is 6.18. The predicted octanol–water partition coefficient (Wildman–Crippen LogP) is 1.62. The molecule has 0 heterocycles. The minimum absolute atomic E-state index is 0.0492. The van der Waals surface area contributed by atoms with E-state index in [1.165, 1.54) is 23.9 Å². The van der Waals surface area contributed by atoms with E-state index in [1.54, 1.807) is 13.8 Å². The van der Waals surface area contributed by atoms with Gasteiger partial charge in [-0.25, -0.2) is 13.1 Å². The minimum Gasteiger partial charge on any atom is -0.398 e. The molecule has 0 amide bonds. The van der Waals surface area contributed by atoms with Gasteiger partial charge in [0.25, 0.3) is 0 Å². The zero-order valence-electron chi connectivity index (χ0n) is 11.6. The van der Waals surface area contributed by atoms with Gasteiger partial charge in [-0.15, -0.1) is 0 Å². The third-order valence-electron chi connectivity index (χ3n) is 2.99. The number of aliphatic hydroxyl groups is 1. The van der Waals surface area contributed by atoms with E-state index in [1.807, 2.05) is 6.26 Å². The van der Waals surface area contributed by atoms with E-state index < -0.39 is 16.1 Å². The largest absolute Gasteiger partial charge is 0.398 e. The van der Waals surface area contributed by atoms with E-state index in [0.29, 0.717) is 5.69 Å². The number of hydrogen-bond acceptors (Lipinski definition) is 5. The summed E-state index contributed by atoms with van der Waals surface area (Å²) in [6, 6.07) is 2.44. The summed E-state index contributed by atoms with van der Waals surface area (Å²) < 4.78 is 27.2. The van der Waals surface area contributed by atoms with Crippen LogP contribution < -0.4 is 10.5 Å². The molecule has 0 saturated carbocycles. The molecule has 2 atom stereocenters. The topological polar surface area (TPSA) is 92.4 Å². The highest BCUT2D eigenvalue weighted by molar-refractivity contribution is 7.99. The van der Waals surface area contributed by atoms with Gasteiger partial charge in [0.15, 0.2) is 0 Å². The average molecular weight is 339 g/mol. The van der Waals surface area contributed by atoms with Gasteiger partial charge in [-0.3, -0.25) is 0 Å². The van der Waals surface area contributed by atoms with E-state index in [4.69, 9.17) is 17.3 Å². The highest BCUT2D eigenvalue weighted by Gasteiger charge is 2.25. The maximum Gasteiger partial charge on any atom is 0.242 e. The third kappa shape index (κ3) is 4.02. The van der Waals surface area contributed by atoms with Crippen LogP contribution in [0, 0.1) is 6.92 Å². The van der Waals surface area contributed by atoms with Crippen molar-refractivity contribution in [2.75, 3.05) is 18.6 Å². The van der Waals surface area contributed by atoms with Gasteiger partial charge in [0, 0.05) is 17.0 Å². The number of thioether (sulfide) groups is 1. The van der Waals surface area contributed by atoms with Gasteiger partial charge in [-0.2, -0.15) is 11.8 Å². The maximum atomic E-state index is 12.3. The Morgan fingerprint density at radius 2 is 2.10 bits per heavy atom. The van der Waals surface area contributed by atoms with Crippen LogP contribution in [-0.2, 0) is 10.0 Å². The first-order valence-electron chi connectivity index (χ1n) is 5.94. The molecule has 20 heavy (non-hydrogen) atoms. The lowest BCUT2D eigenvalue weighted by molar-refractivity contribution is 0.282. The Labute approximate surface area is 128 Å². The van der Waals surface area contributed by atoms with Gasteiger partial charge >= 0.3 is 0 Å². The number of benzene rings is 1. The van der Waals surface area contributed by atoms with Crippen molar-refractivity contribution in [2.45, 2.75) is 30.0 Å². The number of halogens is 1. The predicted molar refractivity (Wildman–Crippen MR) is 84.8 cm³/mol. The average Bonchev–Trinajstić information content (AvgIpc) is 2.34. The summed E-state index contributed by atoms with van der Waals surface area (Å²) >= 11 is 7.38. The molecular weight excluding hydrogens is 320 g/mol. The Hall–Kier alpha value is -0.470. The van der Waals surface area contributed by atoms with Gasteiger partial charge in [-0.05, 0) is 37.8 Å². The number of rotatable bonds is 6. The Bertz CT molecular complexity index is 574. The van der Waals surface area contributed by atoms with Crippen LogP contribution in [0.1, 0.15) is 12.5 Å². The van der Waals surface area contributed by atoms with Gasteiger partial charge < -0.3 is 10.8 Å². The van der Waals surface area contributed by atoms with Crippen molar-refractivity contribution in [2.24, 2.45) is 0 Å². The van der Waals surface area contributed by atoms with Crippen molar-refractivity contribution in [3.8, 4) is 0 Å². The lowest BCUT2D eigenvalue weighted by Crippen LogP contribution is -2.41. The number of nitrogens with one attached hydrogen (secondary N) is 1. The standard InChI is InChI=1S/C12H19ClN2O3S2/c1-7-4-9(13)12(5-10(7)14)20(17,18)15-8(2)11(6-16)19-3/h4-5,8,11,15-16H,6,14H2,1-3H3. The van der Waals surface area contributed by atoms with Crippen LogP contribution in [0.2, 0.25) is 5.02 Å². The van der Waals surface area contributed by atoms with Crippen molar-refractivity contribution in [1.82, 2.24) is 4.72 Å². The molecule has 0 aliphatic rings. The van der Waals surface area contributed by atoms with E-state index >= 15 is 0 Å². The second-order valence-corrected chi connectivity index (χ2v) is 7.67. The van der Waals surface area contributed by atoms with Gasteiger partial charge in [0.1, 0.15) is 4.90 Å². The normalized spacial score (nSPS) is 15.1. The van der Waals surface area contributed by atoms with Gasteiger partial charge in [0.05, 0.1) is 11.6 Å². The quantitative estimate of drug-likeness (QED) is 0.685. The zero-order valence-corrected chi connectivity index (χ0v) is 13.9. The van der Waals surface area contributed by atoms with Gasteiger partial charge in [-0.1, -0.05) is 11.6 Å². The molecule has 114 valence electrons. The van der Waals surface area contributed by atoms with Crippen LogP contribution in [-0.4, -0.2) is 37.7 Å². The molecule has 0 radical (unpaired) electrons. The van der Waals surface area contributed by atoms with E-state index in [0.717, 1.165) is 5.56 Å². The van der Waals surface area contributed by atoms with Crippen molar-refractivity contribution < 1.29 is 13.5 Å². The summed E-state index contributed by atoms with van der Waals surface area (Å²) in [4.78, 5) is -0.0492. The number of aryl methyl sites for hydroxylation is 1. The molecule has 0 bridgehead atoms. The van der Waals surface area contributed by atoms with Crippen LogP contribution in [0.15, 0.2) is 17.0 Å². The van der Waals surface area contributed by atoms with Crippen molar-refractivity contribution in [3.05, 3.63) is 22.7 Å². The molecule has 1 aromatic carbocycles. The molecule has 1 aromatic rings.